The van der Waals surface area contributed by atoms with Crippen molar-refractivity contribution in [1.82, 2.24) is 10.2 Å². The molecule has 0 radical (unpaired) electrons. The lowest BCUT2D eigenvalue weighted by Gasteiger charge is -2.20. The Kier molecular flexibility index (Phi) is 5.95. The standard InChI is InChI=1S/C21H24N2OS/c1-3-23(4-2)15-14-22-19(16-10-6-5-7-11-16)21-20(24)17-12-8-9-13-18(17)25-21/h5-13,22H,3-4,14-15H2,1-2H3. The first kappa shape index (κ1) is 17.8. The zero-order chi connectivity index (χ0) is 17.6. The molecular weight excluding hydrogens is 328 g/mol. The third kappa shape index (κ3) is 3.97. The van der Waals surface area contributed by atoms with Gasteiger partial charge in [0.2, 0.25) is 5.78 Å². The molecule has 2 aromatic carbocycles. The topological polar surface area (TPSA) is 32.3 Å². The van der Waals surface area contributed by atoms with E-state index in [2.05, 4.69) is 36.2 Å². The molecule has 1 heterocycles. The molecule has 25 heavy (non-hydrogen) atoms. The number of benzene rings is 2. The first-order chi connectivity index (χ1) is 12.2. The summed E-state index contributed by atoms with van der Waals surface area (Å²) in [7, 11) is 0. The second kappa shape index (κ2) is 8.37. The minimum atomic E-state index is 0.120. The molecule has 0 bridgehead atoms. The fraction of sp³-hybridized carbons (Fsp3) is 0.286. The van der Waals surface area contributed by atoms with Crippen LogP contribution < -0.4 is 5.32 Å². The SMILES string of the molecule is CCN(CC)CCNC(=C1Sc2ccccc2C1=O)c1ccccc1. The van der Waals surface area contributed by atoms with Gasteiger partial charge in [-0.15, -0.1) is 0 Å². The highest BCUT2D eigenvalue weighted by Gasteiger charge is 2.28. The summed E-state index contributed by atoms with van der Waals surface area (Å²) in [5, 5.41) is 3.54. The molecule has 1 N–H and O–H groups in total. The summed E-state index contributed by atoms with van der Waals surface area (Å²) in [6.07, 6.45) is 0. The number of nitrogens with one attached hydrogen (secondary N) is 1. The van der Waals surface area contributed by atoms with Gasteiger partial charge in [0.25, 0.3) is 0 Å². The molecule has 2 aromatic rings. The van der Waals surface area contributed by atoms with Crippen molar-refractivity contribution in [2.75, 3.05) is 26.2 Å². The van der Waals surface area contributed by atoms with Crippen molar-refractivity contribution in [1.29, 1.82) is 0 Å². The van der Waals surface area contributed by atoms with E-state index in [-0.39, 0.29) is 5.78 Å². The summed E-state index contributed by atoms with van der Waals surface area (Å²) >= 11 is 1.57. The number of rotatable bonds is 7. The smallest absolute Gasteiger partial charge is 0.202 e. The molecular formula is C21H24N2OS. The van der Waals surface area contributed by atoms with Crippen LogP contribution in [0.25, 0.3) is 5.70 Å². The van der Waals surface area contributed by atoms with Crippen LogP contribution in [0.4, 0.5) is 0 Å². The van der Waals surface area contributed by atoms with Gasteiger partial charge in [-0.25, -0.2) is 0 Å². The molecule has 0 fully saturated rings. The van der Waals surface area contributed by atoms with Gasteiger partial charge in [-0.3, -0.25) is 4.79 Å². The molecule has 130 valence electrons. The minimum Gasteiger partial charge on any atom is -0.382 e. The second-order valence-corrected chi connectivity index (χ2v) is 7.00. The van der Waals surface area contributed by atoms with Gasteiger partial charge < -0.3 is 10.2 Å². The molecule has 0 amide bonds. The number of ketones is 1. The van der Waals surface area contributed by atoms with E-state index in [4.69, 9.17) is 0 Å². The van der Waals surface area contributed by atoms with Gasteiger partial charge in [-0.2, -0.15) is 0 Å². The molecule has 0 atom stereocenters. The predicted molar refractivity (Wildman–Crippen MR) is 106 cm³/mol. The van der Waals surface area contributed by atoms with E-state index in [0.29, 0.717) is 0 Å². The largest absolute Gasteiger partial charge is 0.382 e. The van der Waals surface area contributed by atoms with Crippen LogP contribution in [0.15, 0.2) is 64.4 Å². The van der Waals surface area contributed by atoms with Crippen LogP contribution in [0.3, 0.4) is 0 Å². The number of Topliss-reactive ketones (excluding diaryl/α,β-unsaturated/α-hetero) is 1. The molecule has 0 unspecified atom stereocenters. The normalized spacial score (nSPS) is 15.4. The van der Waals surface area contributed by atoms with Crippen molar-refractivity contribution in [2.24, 2.45) is 0 Å². The van der Waals surface area contributed by atoms with E-state index in [1.165, 1.54) is 0 Å². The van der Waals surface area contributed by atoms with Crippen molar-refractivity contribution >= 4 is 23.2 Å². The van der Waals surface area contributed by atoms with Crippen LogP contribution in [0.5, 0.6) is 0 Å². The van der Waals surface area contributed by atoms with Gasteiger partial charge in [-0.05, 0) is 30.8 Å². The molecule has 1 aliphatic heterocycles. The summed E-state index contributed by atoms with van der Waals surface area (Å²) < 4.78 is 0. The van der Waals surface area contributed by atoms with Gasteiger partial charge in [-0.1, -0.05) is 68.1 Å². The summed E-state index contributed by atoms with van der Waals surface area (Å²) in [5.41, 5.74) is 2.81. The van der Waals surface area contributed by atoms with Crippen LogP contribution in [0.2, 0.25) is 0 Å². The van der Waals surface area contributed by atoms with Crippen LogP contribution in [0.1, 0.15) is 29.8 Å². The van der Waals surface area contributed by atoms with Gasteiger partial charge in [0.15, 0.2) is 0 Å². The van der Waals surface area contributed by atoms with Gasteiger partial charge in [0.05, 0.1) is 10.6 Å². The Hall–Kier alpha value is -2.04. The summed E-state index contributed by atoms with van der Waals surface area (Å²) in [6.45, 7) is 8.20. The Morgan fingerprint density at radius 3 is 2.36 bits per heavy atom. The fourth-order valence-electron chi connectivity index (χ4n) is 2.98. The van der Waals surface area contributed by atoms with E-state index in [0.717, 1.165) is 52.8 Å². The average molecular weight is 353 g/mol. The molecule has 0 aliphatic carbocycles. The molecule has 1 aliphatic rings. The quantitative estimate of drug-likeness (QED) is 0.754. The highest BCUT2D eigenvalue weighted by atomic mass is 32.2. The van der Waals surface area contributed by atoms with Crippen LogP contribution in [-0.4, -0.2) is 36.9 Å². The maximum Gasteiger partial charge on any atom is 0.202 e. The number of fused-ring (bicyclic) bond motifs is 1. The third-order valence-corrected chi connectivity index (χ3v) is 5.63. The lowest BCUT2D eigenvalue weighted by atomic mass is 10.1. The average Bonchev–Trinajstić information content (AvgIpc) is 2.99. The third-order valence-electron chi connectivity index (χ3n) is 4.46. The van der Waals surface area contributed by atoms with Crippen molar-refractivity contribution in [3.8, 4) is 0 Å². The summed E-state index contributed by atoms with van der Waals surface area (Å²) in [5.74, 6) is 0.120. The summed E-state index contributed by atoms with van der Waals surface area (Å²) in [6, 6.07) is 18.0. The Morgan fingerprint density at radius 2 is 1.68 bits per heavy atom. The maximum atomic E-state index is 12.9. The zero-order valence-electron chi connectivity index (χ0n) is 14.8. The molecule has 0 aromatic heterocycles. The molecule has 4 heteroatoms. The van der Waals surface area contributed by atoms with Gasteiger partial charge in [0.1, 0.15) is 0 Å². The zero-order valence-corrected chi connectivity index (χ0v) is 15.6. The Morgan fingerprint density at radius 1 is 1.00 bits per heavy atom. The fourth-order valence-corrected chi connectivity index (χ4v) is 4.12. The van der Waals surface area contributed by atoms with Crippen LogP contribution in [0, 0.1) is 0 Å². The number of allylic oxidation sites excluding steroid dienone is 1. The number of hydrogen-bond acceptors (Lipinski definition) is 4. The van der Waals surface area contributed by atoms with Crippen LogP contribution in [-0.2, 0) is 0 Å². The minimum absolute atomic E-state index is 0.120. The van der Waals surface area contributed by atoms with E-state index < -0.39 is 0 Å². The number of nitrogens with zero attached hydrogens (tertiary/aromatic N) is 1. The lowest BCUT2D eigenvalue weighted by Crippen LogP contribution is -2.31. The molecule has 0 saturated carbocycles. The van der Waals surface area contributed by atoms with Crippen molar-refractivity contribution < 1.29 is 4.79 Å². The van der Waals surface area contributed by atoms with Gasteiger partial charge >= 0.3 is 0 Å². The number of carbonyl (C=O) groups excluding carboxylic acids is 1. The summed E-state index contributed by atoms with van der Waals surface area (Å²) in [4.78, 5) is 17.1. The van der Waals surface area contributed by atoms with Crippen molar-refractivity contribution in [2.45, 2.75) is 18.7 Å². The van der Waals surface area contributed by atoms with E-state index in [1.54, 1.807) is 11.8 Å². The highest BCUT2D eigenvalue weighted by molar-refractivity contribution is 8.05. The Balaban J connectivity index is 1.89. The number of hydrogen-bond donors (Lipinski definition) is 1. The van der Waals surface area contributed by atoms with Gasteiger partial charge in [0, 0.05) is 23.5 Å². The molecule has 3 nitrogen and oxygen atoms in total. The first-order valence-electron chi connectivity index (χ1n) is 8.82. The highest BCUT2D eigenvalue weighted by Crippen LogP contribution is 2.42. The molecule has 0 saturated heterocycles. The second-order valence-electron chi connectivity index (χ2n) is 5.95. The number of carbonyl (C=O) groups is 1. The Labute approximate surface area is 154 Å². The lowest BCUT2D eigenvalue weighted by molar-refractivity contribution is 0.104. The molecule has 0 spiro atoms. The van der Waals surface area contributed by atoms with E-state index in [9.17, 15) is 4.79 Å². The van der Waals surface area contributed by atoms with E-state index in [1.807, 2.05) is 42.5 Å². The number of likely N-dealkylation sites (N-methyl/N-ethyl adjacent to an activating group) is 1. The molecule has 3 rings (SSSR count). The Bertz CT molecular complexity index is 766. The predicted octanol–water partition coefficient (Wildman–Crippen LogP) is 4.28. The van der Waals surface area contributed by atoms with Crippen LogP contribution >= 0.6 is 11.8 Å². The van der Waals surface area contributed by atoms with Crippen molar-refractivity contribution in [3.05, 3.63) is 70.6 Å². The monoisotopic (exact) mass is 352 g/mol. The maximum absolute atomic E-state index is 12.9. The first-order valence-corrected chi connectivity index (χ1v) is 9.63. The van der Waals surface area contributed by atoms with Crippen molar-refractivity contribution in [3.63, 3.8) is 0 Å². The van der Waals surface area contributed by atoms with E-state index >= 15 is 0 Å². The number of thioether (sulfide) groups is 1.